The van der Waals surface area contributed by atoms with Crippen molar-refractivity contribution in [3.8, 4) is 0 Å². The van der Waals surface area contributed by atoms with Gasteiger partial charge in [-0.25, -0.2) is 4.79 Å². The van der Waals surface area contributed by atoms with Gasteiger partial charge in [0.15, 0.2) is 0 Å². The Morgan fingerprint density at radius 1 is 1.21 bits per heavy atom. The van der Waals surface area contributed by atoms with E-state index in [2.05, 4.69) is 19.2 Å². The number of nitrogens with zero attached hydrogens (tertiary/aromatic N) is 2. The van der Waals surface area contributed by atoms with E-state index in [0.717, 1.165) is 22.6 Å². The number of para-hydroxylation sites is 2. The summed E-state index contributed by atoms with van der Waals surface area (Å²) in [6, 6.07) is 13.6. The monoisotopic (exact) mass is 395 g/mol. The molecule has 0 spiro atoms. The topological polar surface area (TPSA) is 84.7 Å². The maximum Gasteiger partial charge on any atom is 0.332 e. The molecule has 1 aliphatic heterocycles. The van der Waals surface area contributed by atoms with Crippen LogP contribution in [0.4, 0.5) is 17.1 Å². The highest BCUT2D eigenvalue weighted by Crippen LogP contribution is 2.35. The highest BCUT2D eigenvalue weighted by molar-refractivity contribution is 5.87. The van der Waals surface area contributed by atoms with E-state index in [1.165, 1.54) is 12.1 Å². The van der Waals surface area contributed by atoms with E-state index in [9.17, 15) is 14.9 Å². The molecule has 1 heterocycles. The van der Waals surface area contributed by atoms with Crippen molar-refractivity contribution in [1.82, 2.24) is 0 Å². The standard InChI is InChI=1S/C22H25N3O4/c1-4-29-22(26)21-13-19(15(2)3)23-18-7-5-6-8-20(18)24(21)14-16-9-11-17(12-10-16)25(27)28/h5-13,15,21,23H,4,14H2,1-3H3. The van der Waals surface area contributed by atoms with Gasteiger partial charge < -0.3 is 15.0 Å². The van der Waals surface area contributed by atoms with Crippen molar-refractivity contribution >= 4 is 23.0 Å². The lowest BCUT2D eigenvalue weighted by molar-refractivity contribution is -0.384. The molecule has 2 aromatic rings. The molecule has 2 aromatic carbocycles. The number of rotatable bonds is 6. The summed E-state index contributed by atoms with van der Waals surface area (Å²) in [6.45, 7) is 6.61. The first kappa shape index (κ1) is 20.4. The van der Waals surface area contributed by atoms with Crippen LogP contribution >= 0.6 is 0 Å². The van der Waals surface area contributed by atoms with Crippen LogP contribution in [0.25, 0.3) is 0 Å². The number of anilines is 2. The number of nitrogens with one attached hydrogen (secondary N) is 1. The van der Waals surface area contributed by atoms with Gasteiger partial charge in [0.05, 0.1) is 22.9 Å². The molecule has 0 saturated heterocycles. The van der Waals surface area contributed by atoms with Crippen molar-refractivity contribution in [3.05, 3.63) is 76.0 Å². The van der Waals surface area contributed by atoms with Crippen molar-refractivity contribution in [2.75, 3.05) is 16.8 Å². The maximum absolute atomic E-state index is 12.8. The lowest BCUT2D eigenvalue weighted by Gasteiger charge is -2.30. The van der Waals surface area contributed by atoms with Crippen LogP contribution in [0.3, 0.4) is 0 Å². The van der Waals surface area contributed by atoms with Crippen LogP contribution in [0.2, 0.25) is 0 Å². The molecule has 7 nitrogen and oxygen atoms in total. The molecule has 1 N–H and O–H groups in total. The second-order valence-corrected chi connectivity index (χ2v) is 7.17. The number of hydrogen-bond donors (Lipinski definition) is 1. The highest BCUT2D eigenvalue weighted by atomic mass is 16.6. The number of non-ortho nitro benzene ring substituents is 1. The molecule has 1 aliphatic rings. The smallest absolute Gasteiger partial charge is 0.332 e. The molecule has 0 aliphatic carbocycles. The summed E-state index contributed by atoms with van der Waals surface area (Å²) in [5, 5.41) is 14.4. The summed E-state index contributed by atoms with van der Waals surface area (Å²) in [7, 11) is 0. The molecule has 152 valence electrons. The molecular formula is C22H25N3O4. The van der Waals surface area contributed by atoms with Crippen LogP contribution in [-0.4, -0.2) is 23.5 Å². The van der Waals surface area contributed by atoms with Crippen molar-refractivity contribution in [2.45, 2.75) is 33.4 Å². The third-order valence-corrected chi connectivity index (χ3v) is 4.82. The predicted molar refractivity (Wildman–Crippen MR) is 113 cm³/mol. The summed E-state index contributed by atoms with van der Waals surface area (Å²) in [5.74, 6) is -0.134. The van der Waals surface area contributed by atoms with E-state index in [1.807, 2.05) is 35.2 Å². The van der Waals surface area contributed by atoms with Gasteiger partial charge in [-0.05, 0) is 36.6 Å². The molecule has 29 heavy (non-hydrogen) atoms. The molecule has 0 aromatic heterocycles. The number of nitro benzene ring substituents is 1. The number of benzene rings is 2. The van der Waals surface area contributed by atoms with Gasteiger partial charge in [0.25, 0.3) is 5.69 Å². The van der Waals surface area contributed by atoms with Crippen LogP contribution in [-0.2, 0) is 16.1 Å². The Hall–Kier alpha value is -3.35. The predicted octanol–water partition coefficient (Wildman–Crippen LogP) is 4.50. The van der Waals surface area contributed by atoms with Gasteiger partial charge in [0.2, 0.25) is 0 Å². The number of esters is 1. The number of nitro groups is 1. The van der Waals surface area contributed by atoms with Crippen LogP contribution in [0.15, 0.2) is 60.3 Å². The average Bonchev–Trinajstić information content (AvgIpc) is 2.86. The number of fused-ring (bicyclic) bond motifs is 1. The largest absolute Gasteiger partial charge is 0.464 e. The normalized spacial score (nSPS) is 15.8. The number of allylic oxidation sites excluding steroid dienone is 1. The third kappa shape index (κ3) is 4.56. The Balaban J connectivity index is 2.05. The van der Waals surface area contributed by atoms with Gasteiger partial charge in [-0.2, -0.15) is 0 Å². The van der Waals surface area contributed by atoms with Crippen LogP contribution in [0.5, 0.6) is 0 Å². The fourth-order valence-electron chi connectivity index (χ4n) is 3.30. The molecule has 0 radical (unpaired) electrons. The molecule has 7 heteroatoms. The van der Waals surface area contributed by atoms with Gasteiger partial charge in [-0.15, -0.1) is 0 Å². The maximum atomic E-state index is 12.8. The van der Waals surface area contributed by atoms with E-state index in [0.29, 0.717) is 13.2 Å². The first-order chi connectivity index (χ1) is 13.9. The van der Waals surface area contributed by atoms with Crippen molar-refractivity contribution in [3.63, 3.8) is 0 Å². The van der Waals surface area contributed by atoms with Gasteiger partial charge in [-0.1, -0.05) is 38.1 Å². The lowest BCUT2D eigenvalue weighted by Crippen LogP contribution is -2.40. The van der Waals surface area contributed by atoms with Crippen LogP contribution in [0.1, 0.15) is 26.3 Å². The summed E-state index contributed by atoms with van der Waals surface area (Å²) >= 11 is 0. The molecule has 0 fully saturated rings. The second-order valence-electron chi connectivity index (χ2n) is 7.17. The van der Waals surface area contributed by atoms with E-state index in [-0.39, 0.29) is 17.6 Å². The van der Waals surface area contributed by atoms with Gasteiger partial charge in [0, 0.05) is 24.4 Å². The van der Waals surface area contributed by atoms with E-state index in [4.69, 9.17) is 4.74 Å². The number of hydrogen-bond acceptors (Lipinski definition) is 6. The summed E-state index contributed by atoms with van der Waals surface area (Å²) in [5.41, 5.74) is 3.62. The minimum absolute atomic E-state index is 0.0376. The van der Waals surface area contributed by atoms with Crippen molar-refractivity contribution in [1.29, 1.82) is 0 Å². The molecule has 0 bridgehead atoms. The van der Waals surface area contributed by atoms with Gasteiger partial charge in [0.1, 0.15) is 6.04 Å². The molecule has 0 amide bonds. The zero-order valence-electron chi connectivity index (χ0n) is 16.8. The zero-order valence-corrected chi connectivity index (χ0v) is 16.8. The molecule has 0 saturated carbocycles. The second kappa shape index (κ2) is 8.77. The third-order valence-electron chi connectivity index (χ3n) is 4.82. The number of carbonyl (C=O) groups excluding carboxylic acids is 1. The zero-order chi connectivity index (χ0) is 21.0. The van der Waals surface area contributed by atoms with Crippen molar-refractivity contribution in [2.24, 2.45) is 5.92 Å². The summed E-state index contributed by atoms with van der Waals surface area (Å²) < 4.78 is 5.36. The minimum atomic E-state index is -0.612. The highest BCUT2D eigenvalue weighted by Gasteiger charge is 2.31. The first-order valence-electron chi connectivity index (χ1n) is 9.65. The van der Waals surface area contributed by atoms with Gasteiger partial charge >= 0.3 is 5.97 Å². The number of ether oxygens (including phenoxy) is 1. The Bertz CT molecular complexity index is 922. The molecule has 1 unspecified atom stereocenters. The van der Waals surface area contributed by atoms with Crippen molar-refractivity contribution < 1.29 is 14.5 Å². The van der Waals surface area contributed by atoms with E-state index < -0.39 is 11.0 Å². The van der Waals surface area contributed by atoms with Crippen LogP contribution in [0, 0.1) is 16.0 Å². The SMILES string of the molecule is CCOC(=O)C1C=C(C(C)C)Nc2ccccc2N1Cc1ccc([N+](=O)[O-])cc1. The Morgan fingerprint density at radius 2 is 1.90 bits per heavy atom. The number of carbonyl (C=O) groups is 1. The minimum Gasteiger partial charge on any atom is -0.464 e. The Morgan fingerprint density at radius 3 is 2.52 bits per heavy atom. The van der Waals surface area contributed by atoms with E-state index >= 15 is 0 Å². The van der Waals surface area contributed by atoms with Crippen LogP contribution < -0.4 is 10.2 Å². The summed E-state index contributed by atoms with van der Waals surface area (Å²) in [6.07, 6.45) is 1.91. The lowest BCUT2D eigenvalue weighted by atomic mass is 10.1. The molecule has 1 atom stereocenters. The molecular weight excluding hydrogens is 370 g/mol. The van der Waals surface area contributed by atoms with Gasteiger partial charge in [-0.3, -0.25) is 10.1 Å². The average molecular weight is 395 g/mol. The Labute approximate surface area is 170 Å². The fraction of sp³-hybridized carbons (Fsp3) is 0.318. The molecule has 3 rings (SSSR count). The summed E-state index contributed by atoms with van der Waals surface area (Å²) in [4.78, 5) is 25.3. The fourth-order valence-corrected chi connectivity index (χ4v) is 3.30. The first-order valence-corrected chi connectivity index (χ1v) is 9.65. The quantitative estimate of drug-likeness (QED) is 0.440. The van der Waals surface area contributed by atoms with E-state index in [1.54, 1.807) is 19.1 Å². The Kier molecular flexibility index (Phi) is 6.16.